The van der Waals surface area contributed by atoms with Crippen LogP contribution in [0.2, 0.25) is 0 Å². The monoisotopic (exact) mass is 697 g/mol. The Morgan fingerprint density at radius 1 is 0.667 bits per heavy atom. The first kappa shape index (κ1) is 32.9. The van der Waals surface area contributed by atoms with E-state index in [1.54, 1.807) is 5.57 Å². The molecule has 0 N–H and O–H groups in total. The highest BCUT2D eigenvalue weighted by atomic mass is 15.2. The summed E-state index contributed by atoms with van der Waals surface area (Å²) in [6, 6.07) is 47.2. The van der Waals surface area contributed by atoms with E-state index in [1.165, 1.54) is 102 Å². The summed E-state index contributed by atoms with van der Waals surface area (Å²) in [5.74, 6) is 0.418. The van der Waals surface area contributed by atoms with E-state index in [4.69, 9.17) is 6.58 Å². The normalized spacial score (nSPS) is 21.6. The first-order chi connectivity index (χ1) is 26.5. The number of rotatable bonds is 5. The second-order valence-corrected chi connectivity index (χ2v) is 16.3. The summed E-state index contributed by atoms with van der Waals surface area (Å²) in [4.78, 5) is 2.63. The smallest absolute Gasteiger partial charge is 0.0536 e. The summed E-state index contributed by atoms with van der Waals surface area (Å²) in [5, 5.41) is 0. The molecule has 0 amide bonds. The molecule has 5 aromatic carbocycles. The average molecular weight is 698 g/mol. The topological polar surface area (TPSA) is 3.24 Å². The van der Waals surface area contributed by atoms with Crippen LogP contribution in [0, 0.1) is 0 Å². The van der Waals surface area contributed by atoms with E-state index in [9.17, 15) is 0 Å². The number of benzene rings is 5. The molecule has 0 heterocycles. The third kappa shape index (κ3) is 5.28. The minimum atomic E-state index is -0.0496. The van der Waals surface area contributed by atoms with Crippen LogP contribution >= 0.6 is 0 Å². The van der Waals surface area contributed by atoms with Crippen molar-refractivity contribution in [2.45, 2.75) is 70.1 Å². The Hall–Kier alpha value is -5.66. The summed E-state index contributed by atoms with van der Waals surface area (Å²) in [6.45, 7) is 9.62. The zero-order valence-electron chi connectivity index (χ0n) is 31.5. The van der Waals surface area contributed by atoms with Crippen LogP contribution in [0.5, 0.6) is 0 Å². The van der Waals surface area contributed by atoms with Gasteiger partial charge in [0, 0.05) is 34.7 Å². The van der Waals surface area contributed by atoms with Gasteiger partial charge in [-0.05, 0) is 124 Å². The lowest BCUT2D eigenvalue weighted by atomic mass is 9.74. The maximum atomic E-state index is 4.80. The van der Waals surface area contributed by atoms with E-state index >= 15 is 0 Å². The van der Waals surface area contributed by atoms with Crippen molar-refractivity contribution in [2.24, 2.45) is 0 Å². The fourth-order valence-electron chi connectivity index (χ4n) is 10.4. The van der Waals surface area contributed by atoms with Gasteiger partial charge in [-0.1, -0.05) is 153 Å². The standard InChI is InChI=1S/C53H47N/c1-35-32-39-33-47-44(41(39)30-28-38-20-14-23-43(52(35)38)37-18-8-5-9-19-37)24-15-27-51(47)54(50-26-13-11-21-42(50)36-16-6-4-7-17-36)40-29-31-46-45-22-10-12-25-48(45)53(2,3)49(46)34-40/h4-13,15-19,21-22,24-27,30,32,34,43H,1,14,20,23,28-29,31,33H2,2-3H3/b39-32-,41-30+. The molecule has 5 aromatic rings. The molecule has 0 aromatic heterocycles. The van der Waals surface area contributed by atoms with Crippen molar-refractivity contribution in [3.63, 3.8) is 0 Å². The lowest BCUT2D eigenvalue weighted by Crippen LogP contribution is -2.23. The number of allylic oxidation sites excluding steroid dienone is 11. The Balaban J connectivity index is 1.12. The van der Waals surface area contributed by atoms with Gasteiger partial charge < -0.3 is 4.90 Å². The highest BCUT2D eigenvalue weighted by Crippen LogP contribution is 2.54. The zero-order valence-corrected chi connectivity index (χ0v) is 31.5. The molecule has 54 heavy (non-hydrogen) atoms. The fourth-order valence-corrected chi connectivity index (χ4v) is 10.4. The Labute approximate surface area is 321 Å². The molecule has 264 valence electrons. The molecule has 1 nitrogen and oxygen atoms in total. The van der Waals surface area contributed by atoms with E-state index in [1.807, 2.05) is 0 Å². The summed E-state index contributed by atoms with van der Waals surface area (Å²) in [5.41, 5.74) is 23.5. The largest absolute Gasteiger partial charge is 0.313 e. The Bertz CT molecular complexity index is 2500. The van der Waals surface area contributed by atoms with Crippen LogP contribution in [0.1, 0.15) is 86.1 Å². The van der Waals surface area contributed by atoms with Crippen molar-refractivity contribution in [2.75, 3.05) is 4.90 Å². The number of nitrogens with zero attached hydrogens (tertiary/aromatic N) is 1. The highest BCUT2D eigenvalue weighted by molar-refractivity contribution is 5.94. The van der Waals surface area contributed by atoms with Crippen molar-refractivity contribution in [1.82, 2.24) is 0 Å². The van der Waals surface area contributed by atoms with E-state index in [2.05, 4.69) is 164 Å². The van der Waals surface area contributed by atoms with Crippen LogP contribution < -0.4 is 4.90 Å². The van der Waals surface area contributed by atoms with Gasteiger partial charge in [-0.2, -0.15) is 0 Å². The zero-order chi connectivity index (χ0) is 36.4. The van der Waals surface area contributed by atoms with Gasteiger partial charge >= 0.3 is 0 Å². The molecule has 5 aliphatic rings. The number of hydrogen-bond acceptors (Lipinski definition) is 1. The molecule has 0 saturated carbocycles. The summed E-state index contributed by atoms with van der Waals surface area (Å²) in [6.07, 6.45) is 15.1. The maximum Gasteiger partial charge on any atom is 0.0536 e. The van der Waals surface area contributed by atoms with Crippen molar-refractivity contribution in [3.8, 4) is 11.1 Å². The van der Waals surface area contributed by atoms with Crippen LogP contribution in [0.4, 0.5) is 11.4 Å². The first-order valence-corrected chi connectivity index (χ1v) is 20.0. The van der Waals surface area contributed by atoms with Crippen LogP contribution in [0.3, 0.4) is 0 Å². The summed E-state index contributed by atoms with van der Waals surface area (Å²) >= 11 is 0. The van der Waals surface area contributed by atoms with Gasteiger partial charge in [0.25, 0.3) is 0 Å². The Morgan fingerprint density at radius 2 is 1.37 bits per heavy atom. The van der Waals surface area contributed by atoms with Crippen molar-refractivity contribution in [1.29, 1.82) is 0 Å². The molecule has 0 spiro atoms. The minimum Gasteiger partial charge on any atom is -0.313 e. The lowest BCUT2D eigenvalue weighted by molar-refractivity contribution is 0.602. The highest BCUT2D eigenvalue weighted by Gasteiger charge is 2.39. The number of fused-ring (bicyclic) bond motifs is 5. The van der Waals surface area contributed by atoms with Gasteiger partial charge in [-0.15, -0.1) is 0 Å². The second kappa shape index (κ2) is 13.0. The average Bonchev–Trinajstić information content (AvgIpc) is 3.67. The molecule has 0 radical (unpaired) electrons. The van der Waals surface area contributed by atoms with E-state index in [0.29, 0.717) is 5.92 Å². The predicted molar refractivity (Wildman–Crippen MR) is 228 cm³/mol. The van der Waals surface area contributed by atoms with E-state index < -0.39 is 0 Å². The molecule has 5 aliphatic carbocycles. The lowest BCUT2D eigenvalue weighted by Gasteiger charge is -2.35. The van der Waals surface area contributed by atoms with Gasteiger partial charge in [0.05, 0.1) is 5.69 Å². The molecular weight excluding hydrogens is 651 g/mol. The van der Waals surface area contributed by atoms with Crippen LogP contribution in [-0.2, 0) is 11.8 Å². The van der Waals surface area contributed by atoms with Crippen molar-refractivity contribution in [3.05, 3.63) is 214 Å². The molecule has 1 atom stereocenters. The van der Waals surface area contributed by atoms with Crippen LogP contribution in [-0.4, -0.2) is 0 Å². The van der Waals surface area contributed by atoms with Crippen molar-refractivity contribution >= 4 is 22.5 Å². The number of hydrogen-bond donors (Lipinski definition) is 0. The molecular formula is C53H47N. The molecule has 0 bridgehead atoms. The third-order valence-corrected chi connectivity index (χ3v) is 12.9. The molecule has 1 unspecified atom stereocenters. The number of anilines is 2. The fraction of sp³-hybridized carbons (Fsp3) is 0.208. The first-order valence-electron chi connectivity index (χ1n) is 20.0. The molecule has 1 heteroatoms. The molecule has 0 aliphatic heterocycles. The summed E-state index contributed by atoms with van der Waals surface area (Å²) in [7, 11) is 0. The van der Waals surface area contributed by atoms with Gasteiger partial charge in [-0.25, -0.2) is 0 Å². The Kier molecular flexibility index (Phi) is 7.95. The maximum absolute atomic E-state index is 4.80. The van der Waals surface area contributed by atoms with Crippen LogP contribution in [0.15, 0.2) is 186 Å². The van der Waals surface area contributed by atoms with Gasteiger partial charge in [-0.3, -0.25) is 0 Å². The van der Waals surface area contributed by atoms with E-state index in [0.717, 1.165) is 32.1 Å². The second-order valence-electron chi connectivity index (χ2n) is 16.3. The number of para-hydroxylation sites is 1. The molecule has 10 rings (SSSR count). The van der Waals surface area contributed by atoms with Gasteiger partial charge in [0.2, 0.25) is 0 Å². The van der Waals surface area contributed by atoms with Gasteiger partial charge in [0.1, 0.15) is 0 Å². The van der Waals surface area contributed by atoms with Gasteiger partial charge in [0.15, 0.2) is 0 Å². The minimum absolute atomic E-state index is 0.0496. The van der Waals surface area contributed by atoms with E-state index in [-0.39, 0.29) is 5.41 Å². The molecule has 0 saturated heterocycles. The molecule has 0 fully saturated rings. The SMILES string of the molecule is C=C1/C=C2/Cc3c(cccc3N(C3=CC4=C(CC3)c3ccccc3C4(C)C)c3ccccc3-c3ccccc3)/C2=C/CC2=C1C(c1ccccc1)CCC2. The summed E-state index contributed by atoms with van der Waals surface area (Å²) < 4.78 is 0. The third-order valence-electron chi connectivity index (χ3n) is 12.9. The predicted octanol–water partition coefficient (Wildman–Crippen LogP) is 14.0. The van der Waals surface area contributed by atoms with Crippen molar-refractivity contribution < 1.29 is 0 Å². The quantitative estimate of drug-likeness (QED) is 0.177. The van der Waals surface area contributed by atoms with Crippen LogP contribution in [0.25, 0.3) is 22.3 Å². The Morgan fingerprint density at radius 3 is 2.20 bits per heavy atom.